The van der Waals surface area contributed by atoms with Gasteiger partial charge in [-0.1, -0.05) is 0 Å². The second kappa shape index (κ2) is 8.05. The molecule has 3 aromatic rings. The first-order valence-electron chi connectivity index (χ1n) is 9.14. The topological polar surface area (TPSA) is 41.1 Å². The van der Waals surface area contributed by atoms with Gasteiger partial charge in [0.2, 0.25) is 0 Å². The summed E-state index contributed by atoms with van der Waals surface area (Å²) < 4.78 is 46.9. The van der Waals surface area contributed by atoms with Crippen molar-refractivity contribution in [2.75, 3.05) is 19.7 Å². The summed E-state index contributed by atoms with van der Waals surface area (Å²) in [6, 6.07) is 11.1. The van der Waals surface area contributed by atoms with Crippen molar-refractivity contribution in [2.45, 2.75) is 23.9 Å². The lowest BCUT2D eigenvalue weighted by molar-refractivity contribution is -0.142. The Labute approximate surface area is 165 Å². The Balaban J connectivity index is 1.36. The molecule has 1 atom stereocenters. The number of aromatic amines is 1. The minimum atomic E-state index is -4.51. The summed E-state index contributed by atoms with van der Waals surface area (Å²) in [6.45, 7) is 1.98. The Morgan fingerprint density at radius 1 is 1.25 bits per heavy atom. The summed E-state index contributed by atoms with van der Waals surface area (Å²) in [5.41, 5.74) is 0.142. The van der Waals surface area contributed by atoms with Crippen LogP contribution in [-0.2, 0) is 6.18 Å². The van der Waals surface area contributed by atoms with Crippen LogP contribution >= 0.6 is 11.9 Å². The molecule has 1 N–H and O–H groups in total. The standard InChI is InChI=1S/C20H20F3N3OS/c21-20(22,23)19-18(4-1-8-25-19)27-13-14-3-2-10-26(12-14)28-16-5-6-17-15(11-16)7-9-24-17/h1,4-9,11,14,24H,2-3,10,12-13H2. The average molecular weight is 407 g/mol. The molecule has 4 nitrogen and oxygen atoms in total. The zero-order chi connectivity index (χ0) is 19.6. The third-order valence-electron chi connectivity index (χ3n) is 4.75. The lowest BCUT2D eigenvalue weighted by Gasteiger charge is -2.31. The van der Waals surface area contributed by atoms with Gasteiger partial charge in [0.1, 0.15) is 5.75 Å². The molecule has 0 bridgehead atoms. The molecule has 1 saturated heterocycles. The molecule has 0 radical (unpaired) electrons. The molecule has 2 aromatic heterocycles. The molecule has 0 spiro atoms. The van der Waals surface area contributed by atoms with E-state index in [0.717, 1.165) is 47.9 Å². The second-order valence-corrected chi connectivity index (χ2v) is 8.04. The van der Waals surface area contributed by atoms with Gasteiger partial charge in [-0.3, -0.25) is 0 Å². The summed E-state index contributed by atoms with van der Waals surface area (Å²) in [5, 5.41) is 1.16. The molecule has 1 aliphatic rings. The van der Waals surface area contributed by atoms with E-state index in [0.29, 0.717) is 0 Å². The molecular formula is C20H20F3N3OS. The molecule has 0 saturated carbocycles. The van der Waals surface area contributed by atoms with Gasteiger partial charge in [-0.25, -0.2) is 9.29 Å². The van der Waals surface area contributed by atoms with E-state index in [1.54, 1.807) is 11.9 Å². The fourth-order valence-electron chi connectivity index (χ4n) is 3.41. The van der Waals surface area contributed by atoms with Gasteiger partial charge in [0, 0.05) is 47.2 Å². The number of piperidine rings is 1. The predicted octanol–water partition coefficient (Wildman–Crippen LogP) is 5.38. The first kappa shape index (κ1) is 19.1. The molecule has 0 aliphatic carbocycles. The minimum absolute atomic E-state index is 0.179. The van der Waals surface area contributed by atoms with Gasteiger partial charge >= 0.3 is 6.18 Å². The van der Waals surface area contributed by atoms with Crippen LogP contribution in [-0.4, -0.2) is 34.0 Å². The van der Waals surface area contributed by atoms with E-state index in [1.165, 1.54) is 12.1 Å². The van der Waals surface area contributed by atoms with E-state index in [4.69, 9.17) is 4.74 Å². The number of aromatic nitrogens is 2. The van der Waals surface area contributed by atoms with Gasteiger partial charge in [0.15, 0.2) is 5.69 Å². The van der Waals surface area contributed by atoms with E-state index in [1.807, 2.05) is 12.3 Å². The number of benzene rings is 1. The number of H-pyrrole nitrogens is 1. The highest BCUT2D eigenvalue weighted by molar-refractivity contribution is 7.97. The molecular weight excluding hydrogens is 387 g/mol. The van der Waals surface area contributed by atoms with Crippen LogP contribution in [0.25, 0.3) is 10.9 Å². The van der Waals surface area contributed by atoms with E-state index < -0.39 is 11.9 Å². The molecule has 1 fully saturated rings. The van der Waals surface area contributed by atoms with Gasteiger partial charge in [-0.15, -0.1) is 0 Å². The lowest BCUT2D eigenvalue weighted by Crippen LogP contribution is -2.33. The molecule has 3 heterocycles. The number of pyridine rings is 1. The third kappa shape index (κ3) is 4.44. The zero-order valence-electron chi connectivity index (χ0n) is 15.1. The molecule has 1 unspecified atom stereocenters. The van der Waals surface area contributed by atoms with Crippen LogP contribution in [0.1, 0.15) is 18.5 Å². The smallest absolute Gasteiger partial charge is 0.437 e. The van der Waals surface area contributed by atoms with Crippen LogP contribution in [0.3, 0.4) is 0 Å². The van der Waals surface area contributed by atoms with E-state index in [-0.39, 0.29) is 18.3 Å². The Hall–Kier alpha value is -2.19. The molecule has 4 rings (SSSR count). The summed E-state index contributed by atoms with van der Waals surface area (Å²) >= 11 is 1.69. The maximum atomic E-state index is 13.0. The summed E-state index contributed by atoms with van der Waals surface area (Å²) in [7, 11) is 0. The van der Waals surface area contributed by atoms with Crippen molar-refractivity contribution in [1.29, 1.82) is 0 Å². The van der Waals surface area contributed by atoms with Gasteiger partial charge in [-0.05, 0) is 61.2 Å². The van der Waals surface area contributed by atoms with Crippen LogP contribution < -0.4 is 4.74 Å². The molecule has 8 heteroatoms. The number of hydrogen-bond donors (Lipinski definition) is 1. The van der Waals surface area contributed by atoms with Gasteiger partial charge in [0.05, 0.1) is 6.61 Å². The highest BCUT2D eigenvalue weighted by Crippen LogP contribution is 2.35. The first-order valence-corrected chi connectivity index (χ1v) is 9.91. The summed E-state index contributed by atoms with van der Waals surface area (Å²) in [4.78, 5) is 7.77. The Kier molecular flexibility index (Phi) is 5.50. The van der Waals surface area contributed by atoms with E-state index in [9.17, 15) is 13.2 Å². The maximum Gasteiger partial charge on any atom is 0.437 e. The number of rotatable bonds is 5. The summed E-state index contributed by atoms with van der Waals surface area (Å²) in [6.07, 6.45) is 0.473. The van der Waals surface area contributed by atoms with E-state index in [2.05, 4.69) is 32.5 Å². The Bertz CT molecular complexity index is 944. The zero-order valence-corrected chi connectivity index (χ0v) is 15.9. The van der Waals surface area contributed by atoms with Crippen molar-refractivity contribution in [1.82, 2.24) is 14.3 Å². The molecule has 148 valence electrons. The van der Waals surface area contributed by atoms with Crippen molar-refractivity contribution >= 4 is 22.9 Å². The first-order chi connectivity index (χ1) is 13.5. The maximum absolute atomic E-state index is 13.0. The quantitative estimate of drug-likeness (QED) is 0.577. The largest absolute Gasteiger partial charge is 0.491 e. The van der Waals surface area contributed by atoms with Crippen molar-refractivity contribution in [2.24, 2.45) is 5.92 Å². The van der Waals surface area contributed by atoms with Gasteiger partial charge < -0.3 is 9.72 Å². The number of hydrogen-bond acceptors (Lipinski definition) is 4. The minimum Gasteiger partial charge on any atom is -0.491 e. The average Bonchev–Trinajstić information content (AvgIpc) is 3.14. The molecule has 28 heavy (non-hydrogen) atoms. The van der Waals surface area contributed by atoms with Crippen LogP contribution in [0.5, 0.6) is 5.75 Å². The number of nitrogens with one attached hydrogen (secondary N) is 1. The fourth-order valence-corrected chi connectivity index (χ4v) is 4.52. The van der Waals surface area contributed by atoms with Gasteiger partial charge in [-0.2, -0.15) is 13.2 Å². The predicted molar refractivity (Wildman–Crippen MR) is 103 cm³/mol. The number of fused-ring (bicyclic) bond motifs is 1. The van der Waals surface area contributed by atoms with Crippen molar-refractivity contribution in [3.8, 4) is 5.75 Å². The SMILES string of the molecule is FC(F)(F)c1ncccc1OCC1CCCN(Sc2ccc3[nH]ccc3c2)C1. The van der Waals surface area contributed by atoms with Crippen LogP contribution in [0.15, 0.2) is 53.7 Å². The number of nitrogens with zero attached hydrogens (tertiary/aromatic N) is 2. The molecule has 0 amide bonds. The molecule has 1 aromatic carbocycles. The highest BCUT2D eigenvalue weighted by atomic mass is 32.2. The van der Waals surface area contributed by atoms with Gasteiger partial charge in [0.25, 0.3) is 0 Å². The fraction of sp³-hybridized carbons (Fsp3) is 0.350. The van der Waals surface area contributed by atoms with E-state index >= 15 is 0 Å². The number of alkyl halides is 3. The van der Waals surface area contributed by atoms with Crippen molar-refractivity contribution in [3.05, 3.63) is 54.5 Å². The van der Waals surface area contributed by atoms with Crippen LogP contribution in [0.2, 0.25) is 0 Å². The molecule has 1 aliphatic heterocycles. The van der Waals surface area contributed by atoms with Crippen molar-refractivity contribution < 1.29 is 17.9 Å². The summed E-state index contributed by atoms with van der Waals surface area (Å²) in [5.74, 6) is -0.0174. The third-order valence-corrected chi connectivity index (χ3v) is 5.81. The highest BCUT2D eigenvalue weighted by Gasteiger charge is 2.36. The number of halogens is 3. The monoisotopic (exact) mass is 407 g/mol. The van der Waals surface area contributed by atoms with Crippen LogP contribution in [0.4, 0.5) is 13.2 Å². The van der Waals surface area contributed by atoms with Crippen LogP contribution in [0, 0.1) is 5.92 Å². The normalized spacial score (nSPS) is 18.5. The Morgan fingerprint density at radius 2 is 2.14 bits per heavy atom. The van der Waals surface area contributed by atoms with Crippen molar-refractivity contribution in [3.63, 3.8) is 0 Å². The number of ether oxygens (including phenoxy) is 1. The lowest BCUT2D eigenvalue weighted by atomic mass is 10.0. The second-order valence-electron chi connectivity index (χ2n) is 6.87. The Morgan fingerprint density at radius 3 is 3.00 bits per heavy atom.